The molecular formula is C12H12ClNO4. The monoisotopic (exact) mass is 269 g/mol. The van der Waals surface area contributed by atoms with Gasteiger partial charge in [0.15, 0.2) is 5.78 Å². The molecule has 1 aromatic rings. The maximum absolute atomic E-state index is 12.1. The molecule has 0 spiro atoms. The SMILES string of the molecule is CC(=O)C(CCC(=O)O)C(=O)c1ccnc(Cl)c1. The lowest BCUT2D eigenvalue weighted by Crippen LogP contribution is -2.23. The Bertz CT molecular complexity index is 487. The molecule has 0 saturated carbocycles. The van der Waals surface area contributed by atoms with Crippen LogP contribution in [0.15, 0.2) is 18.3 Å². The zero-order valence-corrected chi connectivity index (χ0v) is 10.5. The van der Waals surface area contributed by atoms with E-state index in [0.29, 0.717) is 0 Å². The normalized spacial score (nSPS) is 11.9. The van der Waals surface area contributed by atoms with Crippen LogP contribution in [0, 0.1) is 5.92 Å². The first-order valence-corrected chi connectivity index (χ1v) is 5.67. The molecule has 0 aliphatic heterocycles. The third-order valence-electron chi connectivity index (χ3n) is 2.47. The van der Waals surface area contributed by atoms with Crippen molar-refractivity contribution in [3.05, 3.63) is 29.0 Å². The van der Waals surface area contributed by atoms with Crippen molar-refractivity contribution in [2.24, 2.45) is 5.92 Å². The Morgan fingerprint density at radius 3 is 2.61 bits per heavy atom. The number of ketones is 2. The average Bonchev–Trinajstić information content (AvgIpc) is 2.28. The van der Waals surface area contributed by atoms with Crippen molar-refractivity contribution in [3.63, 3.8) is 0 Å². The van der Waals surface area contributed by atoms with E-state index in [9.17, 15) is 14.4 Å². The van der Waals surface area contributed by atoms with Crippen molar-refractivity contribution in [2.75, 3.05) is 0 Å². The minimum Gasteiger partial charge on any atom is -0.481 e. The third-order valence-corrected chi connectivity index (χ3v) is 2.67. The number of carbonyl (C=O) groups is 3. The first kappa shape index (κ1) is 14.3. The van der Waals surface area contributed by atoms with Crippen LogP contribution in [0.2, 0.25) is 5.15 Å². The maximum Gasteiger partial charge on any atom is 0.303 e. The largest absolute Gasteiger partial charge is 0.481 e. The highest BCUT2D eigenvalue weighted by atomic mass is 35.5. The predicted octanol–water partition coefficient (Wildman–Crippen LogP) is 1.99. The van der Waals surface area contributed by atoms with Crippen LogP contribution in [-0.2, 0) is 9.59 Å². The van der Waals surface area contributed by atoms with Crippen LogP contribution in [0.5, 0.6) is 0 Å². The Balaban J connectivity index is 2.89. The molecule has 1 aromatic heterocycles. The van der Waals surface area contributed by atoms with Crippen LogP contribution in [0.1, 0.15) is 30.1 Å². The number of rotatable bonds is 6. The van der Waals surface area contributed by atoms with E-state index in [-0.39, 0.29) is 29.3 Å². The molecule has 1 unspecified atom stereocenters. The van der Waals surface area contributed by atoms with E-state index in [2.05, 4.69) is 4.98 Å². The summed E-state index contributed by atoms with van der Waals surface area (Å²) in [6.07, 6.45) is 1.13. The molecule has 0 fully saturated rings. The molecule has 96 valence electrons. The summed E-state index contributed by atoms with van der Waals surface area (Å²) in [5.41, 5.74) is 0.264. The van der Waals surface area contributed by atoms with Gasteiger partial charge in [-0.05, 0) is 25.5 Å². The lowest BCUT2D eigenvalue weighted by Gasteiger charge is -2.11. The van der Waals surface area contributed by atoms with Gasteiger partial charge in [0.05, 0.1) is 5.92 Å². The van der Waals surface area contributed by atoms with E-state index >= 15 is 0 Å². The second kappa shape index (κ2) is 6.26. The molecule has 1 heterocycles. The molecule has 0 aliphatic rings. The zero-order chi connectivity index (χ0) is 13.7. The minimum atomic E-state index is -1.04. The highest BCUT2D eigenvalue weighted by Gasteiger charge is 2.25. The van der Waals surface area contributed by atoms with Gasteiger partial charge in [-0.1, -0.05) is 11.6 Å². The Hall–Kier alpha value is -1.75. The van der Waals surface area contributed by atoms with Crippen LogP contribution in [0.25, 0.3) is 0 Å². The van der Waals surface area contributed by atoms with E-state index in [1.807, 2.05) is 0 Å². The number of pyridine rings is 1. The molecule has 1 rings (SSSR count). The summed E-state index contributed by atoms with van der Waals surface area (Å²) in [4.78, 5) is 37.7. The summed E-state index contributed by atoms with van der Waals surface area (Å²) >= 11 is 5.66. The van der Waals surface area contributed by atoms with Crippen molar-refractivity contribution in [1.29, 1.82) is 0 Å². The number of carboxylic acids is 1. The molecule has 1 N–H and O–H groups in total. The van der Waals surface area contributed by atoms with E-state index < -0.39 is 17.7 Å². The topological polar surface area (TPSA) is 84.3 Å². The van der Waals surface area contributed by atoms with Crippen LogP contribution < -0.4 is 0 Å². The lowest BCUT2D eigenvalue weighted by molar-refractivity contribution is -0.137. The van der Waals surface area contributed by atoms with Crippen LogP contribution in [-0.4, -0.2) is 27.6 Å². The third kappa shape index (κ3) is 3.92. The lowest BCUT2D eigenvalue weighted by atomic mass is 9.90. The van der Waals surface area contributed by atoms with E-state index in [4.69, 9.17) is 16.7 Å². The number of hydrogen-bond donors (Lipinski definition) is 1. The van der Waals surface area contributed by atoms with Crippen molar-refractivity contribution in [2.45, 2.75) is 19.8 Å². The molecule has 0 saturated heterocycles. The van der Waals surface area contributed by atoms with Gasteiger partial charge in [0.25, 0.3) is 0 Å². The van der Waals surface area contributed by atoms with Crippen LogP contribution >= 0.6 is 11.6 Å². The molecule has 0 radical (unpaired) electrons. The Kier molecular flexibility index (Phi) is 4.97. The highest BCUT2D eigenvalue weighted by molar-refractivity contribution is 6.29. The summed E-state index contributed by atoms with van der Waals surface area (Å²) in [7, 11) is 0. The number of hydrogen-bond acceptors (Lipinski definition) is 4. The number of carbonyl (C=O) groups excluding carboxylic acids is 2. The van der Waals surface area contributed by atoms with Crippen LogP contribution in [0.3, 0.4) is 0 Å². The van der Waals surface area contributed by atoms with Gasteiger partial charge in [-0.25, -0.2) is 4.98 Å². The van der Waals surface area contributed by atoms with E-state index in [0.717, 1.165) is 0 Å². The van der Waals surface area contributed by atoms with Crippen molar-refractivity contribution >= 4 is 29.1 Å². The number of Topliss-reactive ketones (excluding diaryl/α,β-unsaturated/α-hetero) is 2. The molecule has 5 nitrogen and oxygen atoms in total. The molecule has 0 aliphatic carbocycles. The summed E-state index contributed by atoms with van der Waals surface area (Å²) in [6.45, 7) is 1.27. The van der Waals surface area contributed by atoms with E-state index in [1.165, 1.54) is 25.3 Å². The Labute approximate surface area is 109 Å². The Morgan fingerprint density at radius 1 is 1.44 bits per heavy atom. The molecular weight excluding hydrogens is 258 g/mol. The fraction of sp³-hybridized carbons (Fsp3) is 0.333. The van der Waals surface area contributed by atoms with Gasteiger partial charge in [0, 0.05) is 18.2 Å². The second-order valence-corrected chi connectivity index (χ2v) is 4.21. The van der Waals surface area contributed by atoms with Gasteiger partial charge in [0.2, 0.25) is 0 Å². The zero-order valence-electron chi connectivity index (χ0n) is 9.72. The van der Waals surface area contributed by atoms with Gasteiger partial charge in [0.1, 0.15) is 10.9 Å². The maximum atomic E-state index is 12.1. The summed E-state index contributed by atoms with van der Waals surface area (Å²) < 4.78 is 0. The molecule has 1 atom stereocenters. The number of aromatic nitrogens is 1. The molecule has 0 aromatic carbocycles. The summed E-state index contributed by atoms with van der Waals surface area (Å²) in [5.74, 6) is -2.76. The standard InChI is InChI=1S/C12H12ClNO4/c1-7(15)9(2-3-11(16)17)12(18)8-4-5-14-10(13)6-8/h4-6,9H,2-3H2,1H3,(H,16,17). The summed E-state index contributed by atoms with van der Waals surface area (Å²) in [5, 5.41) is 8.74. The molecule has 6 heteroatoms. The molecule has 18 heavy (non-hydrogen) atoms. The smallest absolute Gasteiger partial charge is 0.303 e. The van der Waals surface area contributed by atoms with Gasteiger partial charge < -0.3 is 5.11 Å². The van der Waals surface area contributed by atoms with Gasteiger partial charge >= 0.3 is 5.97 Å². The first-order chi connectivity index (χ1) is 8.41. The Morgan fingerprint density at radius 2 is 2.11 bits per heavy atom. The van der Waals surface area contributed by atoms with Crippen molar-refractivity contribution in [3.8, 4) is 0 Å². The fourth-order valence-electron chi connectivity index (χ4n) is 1.54. The number of aliphatic carboxylic acids is 1. The highest BCUT2D eigenvalue weighted by Crippen LogP contribution is 2.17. The number of nitrogens with zero attached hydrogens (tertiary/aromatic N) is 1. The predicted molar refractivity (Wildman–Crippen MR) is 64.6 cm³/mol. The number of halogens is 1. The second-order valence-electron chi connectivity index (χ2n) is 3.83. The van der Waals surface area contributed by atoms with E-state index in [1.54, 1.807) is 0 Å². The van der Waals surface area contributed by atoms with Crippen LogP contribution in [0.4, 0.5) is 0 Å². The first-order valence-electron chi connectivity index (χ1n) is 5.30. The minimum absolute atomic E-state index is 0.0105. The molecule has 0 bridgehead atoms. The van der Waals surface area contributed by atoms with Gasteiger partial charge in [-0.15, -0.1) is 0 Å². The fourth-order valence-corrected chi connectivity index (χ4v) is 1.72. The van der Waals surface area contributed by atoms with Crippen molar-refractivity contribution < 1.29 is 19.5 Å². The van der Waals surface area contributed by atoms with Gasteiger partial charge in [-0.2, -0.15) is 0 Å². The van der Waals surface area contributed by atoms with Crippen molar-refractivity contribution in [1.82, 2.24) is 4.98 Å². The number of carboxylic acid groups (broad SMARTS) is 1. The summed E-state index contributed by atoms with van der Waals surface area (Å²) in [6, 6.07) is 2.81. The van der Waals surface area contributed by atoms with Gasteiger partial charge in [-0.3, -0.25) is 14.4 Å². The quantitative estimate of drug-likeness (QED) is 0.485. The average molecular weight is 270 g/mol. The molecule has 0 amide bonds.